The minimum Gasteiger partial charge on any atom is -0.508 e. The minimum atomic E-state index is -0.887. The molecule has 1 aliphatic rings. The number of hydrogen-bond donors (Lipinski definition) is 2. The van der Waals surface area contributed by atoms with Crippen molar-refractivity contribution in [2.75, 3.05) is 11.5 Å². The van der Waals surface area contributed by atoms with Crippen LogP contribution in [0.1, 0.15) is 22.8 Å². The first-order valence-corrected chi connectivity index (χ1v) is 8.38. The fourth-order valence-corrected chi connectivity index (χ4v) is 2.59. The molecule has 4 amide bonds. The van der Waals surface area contributed by atoms with Crippen molar-refractivity contribution in [3.63, 3.8) is 0 Å². The maximum absolute atomic E-state index is 12.8. The van der Waals surface area contributed by atoms with E-state index in [0.29, 0.717) is 5.56 Å². The smallest absolute Gasteiger partial charge is 0.338 e. The Balaban J connectivity index is 1.91. The second-order valence-corrected chi connectivity index (χ2v) is 5.82. The van der Waals surface area contributed by atoms with Crippen molar-refractivity contribution in [3.05, 3.63) is 65.2 Å². The third kappa shape index (κ3) is 3.75. The van der Waals surface area contributed by atoms with E-state index in [1.165, 1.54) is 54.6 Å². The molecule has 8 heteroatoms. The predicted octanol–water partition coefficient (Wildman–Crippen LogP) is 2.24. The molecule has 0 bridgehead atoms. The molecule has 2 aromatic carbocycles. The van der Waals surface area contributed by atoms with Crippen LogP contribution in [0.25, 0.3) is 6.08 Å². The lowest BCUT2D eigenvalue weighted by molar-refractivity contribution is -0.122. The Labute approximate surface area is 160 Å². The van der Waals surface area contributed by atoms with Gasteiger partial charge in [0.1, 0.15) is 11.3 Å². The maximum atomic E-state index is 12.8. The fourth-order valence-electron chi connectivity index (χ4n) is 2.59. The first-order chi connectivity index (χ1) is 13.4. The van der Waals surface area contributed by atoms with Gasteiger partial charge in [-0.15, -0.1) is 0 Å². The van der Waals surface area contributed by atoms with E-state index >= 15 is 0 Å². The van der Waals surface area contributed by atoms with Crippen molar-refractivity contribution >= 4 is 35.6 Å². The van der Waals surface area contributed by atoms with E-state index in [1.807, 2.05) is 0 Å². The topological polar surface area (TPSA) is 113 Å². The number of urea groups is 1. The number of carbonyl (C=O) groups is 4. The van der Waals surface area contributed by atoms with Gasteiger partial charge < -0.3 is 9.84 Å². The van der Waals surface area contributed by atoms with Gasteiger partial charge in [-0.2, -0.15) is 0 Å². The van der Waals surface area contributed by atoms with Crippen molar-refractivity contribution in [1.82, 2.24) is 5.32 Å². The normalized spacial score (nSPS) is 15.5. The molecule has 1 saturated heterocycles. The molecule has 1 fully saturated rings. The lowest BCUT2D eigenvalue weighted by Gasteiger charge is -2.26. The molecule has 3 rings (SSSR count). The molecule has 28 heavy (non-hydrogen) atoms. The monoisotopic (exact) mass is 380 g/mol. The molecule has 0 spiro atoms. The zero-order chi connectivity index (χ0) is 20.3. The van der Waals surface area contributed by atoms with Gasteiger partial charge in [0.2, 0.25) is 0 Å². The Bertz CT molecular complexity index is 977. The highest BCUT2D eigenvalue weighted by Crippen LogP contribution is 2.23. The number of anilines is 1. The summed E-state index contributed by atoms with van der Waals surface area (Å²) in [6.45, 7) is 1.91. The lowest BCUT2D eigenvalue weighted by atomic mass is 10.1. The average Bonchev–Trinajstić information content (AvgIpc) is 2.67. The maximum Gasteiger partial charge on any atom is 0.338 e. The van der Waals surface area contributed by atoms with Crippen LogP contribution in [-0.2, 0) is 14.3 Å². The largest absolute Gasteiger partial charge is 0.508 e. The Hall–Kier alpha value is -3.94. The minimum absolute atomic E-state index is 0.0417. The molecule has 0 atom stereocenters. The molecule has 142 valence electrons. The number of ether oxygens (including phenoxy) is 1. The van der Waals surface area contributed by atoms with E-state index in [-0.39, 0.29) is 29.2 Å². The highest BCUT2D eigenvalue weighted by Gasteiger charge is 2.36. The van der Waals surface area contributed by atoms with Crippen LogP contribution in [0, 0.1) is 0 Å². The van der Waals surface area contributed by atoms with Crippen LogP contribution in [0.3, 0.4) is 0 Å². The summed E-state index contributed by atoms with van der Waals surface area (Å²) in [7, 11) is 0. The van der Waals surface area contributed by atoms with E-state index < -0.39 is 23.8 Å². The second kappa shape index (κ2) is 7.75. The van der Waals surface area contributed by atoms with Crippen LogP contribution in [0.5, 0.6) is 5.75 Å². The van der Waals surface area contributed by atoms with Gasteiger partial charge >= 0.3 is 12.0 Å². The molecule has 0 aromatic heterocycles. The molecule has 0 saturated carbocycles. The number of amides is 4. The number of aromatic hydroxyl groups is 1. The number of carbonyl (C=O) groups excluding carboxylic acids is 4. The molecule has 1 aliphatic heterocycles. The Morgan fingerprint density at radius 3 is 2.32 bits per heavy atom. The third-order valence-electron chi connectivity index (χ3n) is 3.94. The van der Waals surface area contributed by atoms with Gasteiger partial charge in [0, 0.05) is 0 Å². The molecule has 2 aromatic rings. The Morgan fingerprint density at radius 1 is 1.07 bits per heavy atom. The first kappa shape index (κ1) is 18.8. The number of phenolic OH excluding ortho intramolecular Hbond substituents is 1. The van der Waals surface area contributed by atoms with E-state index in [1.54, 1.807) is 6.92 Å². The second-order valence-electron chi connectivity index (χ2n) is 5.82. The zero-order valence-corrected chi connectivity index (χ0v) is 14.8. The fraction of sp³-hybridized carbons (Fsp3) is 0.100. The molecular weight excluding hydrogens is 364 g/mol. The van der Waals surface area contributed by atoms with Gasteiger partial charge in [-0.3, -0.25) is 14.9 Å². The summed E-state index contributed by atoms with van der Waals surface area (Å²) in [5.74, 6) is -2.10. The van der Waals surface area contributed by atoms with Crippen LogP contribution >= 0.6 is 0 Å². The number of phenols is 1. The van der Waals surface area contributed by atoms with Crippen molar-refractivity contribution in [2.45, 2.75) is 6.92 Å². The van der Waals surface area contributed by atoms with E-state index in [4.69, 9.17) is 4.74 Å². The standard InChI is InChI=1S/C20H16N2O6/c1-2-28-19(26)13-5-7-14(8-6-13)22-18(25)16(17(24)21-20(22)27)11-12-3-9-15(23)10-4-12/h3-11,23H,2H2,1H3,(H,21,24,27)/b16-11+. The van der Waals surface area contributed by atoms with Crippen molar-refractivity contribution in [1.29, 1.82) is 0 Å². The summed E-state index contributed by atoms with van der Waals surface area (Å²) >= 11 is 0. The lowest BCUT2D eigenvalue weighted by Crippen LogP contribution is -2.54. The summed E-state index contributed by atoms with van der Waals surface area (Å²) in [6, 6.07) is 10.7. The number of esters is 1. The number of benzene rings is 2. The summed E-state index contributed by atoms with van der Waals surface area (Å²) in [6.07, 6.45) is 1.32. The summed E-state index contributed by atoms with van der Waals surface area (Å²) in [5, 5.41) is 11.4. The van der Waals surface area contributed by atoms with Crippen molar-refractivity contribution in [2.24, 2.45) is 0 Å². The van der Waals surface area contributed by atoms with E-state index in [2.05, 4.69) is 5.32 Å². The number of nitrogens with one attached hydrogen (secondary N) is 1. The molecule has 8 nitrogen and oxygen atoms in total. The summed E-state index contributed by atoms with van der Waals surface area (Å²) in [4.78, 5) is 49.6. The predicted molar refractivity (Wildman–Crippen MR) is 99.5 cm³/mol. The highest BCUT2D eigenvalue weighted by molar-refractivity contribution is 6.39. The van der Waals surface area contributed by atoms with Gasteiger partial charge in [0.25, 0.3) is 11.8 Å². The van der Waals surface area contributed by atoms with Gasteiger partial charge in [0.15, 0.2) is 0 Å². The van der Waals surface area contributed by atoms with Gasteiger partial charge in [-0.1, -0.05) is 12.1 Å². The van der Waals surface area contributed by atoms with Crippen LogP contribution in [-0.4, -0.2) is 35.5 Å². The molecule has 2 N–H and O–H groups in total. The molecule has 1 heterocycles. The Morgan fingerprint density at radius 2 is 1.71 bits per heavy atom. The van der Waals surface area contributed by atoms with Gasteiger partial charge in [-0.25, -0.2) is 14.5 Å². The first-order valence-electron chi connectivity index (χ1n) is 8.38. The van der Waals surface area contributed by atoms with E-state index in [9.17, 15) is 24.3 Å². The SMILES string of the molecule is CCOC(=O)c1ccc(N2C(=O)NC(=O)/C(=C\c3ccc(O)cc3)C2=O)cc1. The van der Waals surface area contributed by atoms with Crippen molar-refractivity contribution < 1.29 is 29.0 Å². The number of hydrogen-bond acceptors (Lipinski definition) is 6. The molecule has 0 radical (unpaired) electrons. The van der Waals surface area contributed by atoms with Gasteiger partial charge in [-0.05, 0) is 55.0 Å². The molecule has 0 unspecified atom stereocenters. The van der Waals surface area contributed by atoms with Crippen LogP contribution in [0.4, 0.5) is 10.5 Å². The Kier molecular flexibility index (Phi) is 5.21. The number of imide groups is 2. The number of barbiturate groups is 1. The van der Waals surface area contributed by atoms with E-state index in [0.717, 1.165) is 4.90 Å². The van der Waals surface area contributed by atoms with Crippen molar-refractivity contribution in [3.8, 4) is 5.75 Å². The summed E-state index contributed by atoms with van der Waals surface area (Å²) < 4.78 is 4.89. The quantitative estimate of drug-likeness (QED) is 0.478. The number of nitrogens with zero attached hydrogens (tertiary/aromatic N) is 1. The average molecular weight is 380 g/mol. The zero-order valence-electron chi connectivity index (χ0n) is 14.8. The molecule has 0 aliphatic carbocycles. The highest BCUT2D eigenvalue weighted by atomic mass is 16.5. The van der Waals surface area contributed by atoms with Crippen LogP contribution in [0.2, 0.25) is 0 Å². The van der Waals surface area contributed by atoms with Crippen LogP contribution < -0.4 is 10.2 Å². The van der Waals surface area contributed by atoms with Gasteiger partial charge in [0.05, 0.1) is 17.9 Å². The third-order valence-corrected chi connectivity index (χ3v) is 3.94. The van der Waals surface area contributed by atoms with Crippen LogP contribution in [0.15, 0.2) is 54.1 Å². The molecular formula is C20H16N2O6. The number of rotatable bonds is 4. The summed E-state index contributed by atoms with van der Waals surface area (Å²) in [5.41, 5.74) is 0.731.